The van der Waals surface area contributed by atoms with Crippen LogP contribution in [0.5, 0.6) is 0 Å². The zero-order chi connectivity index (χ0) is 15.2. The number of hydrogen-bond acceptors (Lipinski definition) is 3. The predicted octanol–water partition coefficient (Wildman–Crippen LogP) is 1.40. The molecule has 5 nitrogen and oxygen atoms in total. The van der Waals surface area contributed by atoms with Gasteiger partial charge in [-0.1, -0.05) is 6.92 Å². The summed E-state index contributed by atoms with van der Waals surface area (Å²) in [5, 5.41) is 3.57. The molecule has 2 fully saturated rings. The highest BCUT2D eigenvalue weighted by molar-refractivity contribution is 5.80. The maximum Gasteiger partial charge on any atom is 0.193 e. The lowest BCUT2D eigenvalue weighted by Gasteiger charge is -2.39. The number of rotatable bonds is 3. The molecule has 0 spiro atoms. The molecule has 2 saturated heterocycles. The Kier molecular flexibility index (Phi) is 6.30. The second kappa shape index (κ2) is 7.99. The number of nitrogens with one attached hydrogen (secondary N) is 1. The molecule has 21 heavy (non-hydrogen) atoms. The summed E-state index contributed by atoms with van der Waals surface area (Å²) in [7, 11) is 1.89. The highest BCUT2D eigenvalue weighted by Gasteiger charge is 2.24. The molecule has 1 N–H and O–H groups in total. The van der Waals surface area contributed by atoms with Gasteiger partial charge in [-0.3, -0.25) is 9.89 Å². The largest absolute Gasteiger partial charge is 0.379 e. The van der Waals surface area contributed by atoms with Gasteiger partial charge < -0.3 is 15.0 Å². The maximum absolute atomic E-state index is 5.52. The first-order chi connectivity index (χ1) is 10.1. The minimum Gasteiger partial charge on any atom is -0.379 e. The van der Waals surface area contributed by atoms with Gasteiger partial charge in [-0.05, 0) is 32.6 Å². The molecule has 2 heterocycles. The van der Waals surface area contributed by atoms with Crippen LogP contribution in [0.15, 0.2) is 4.99 Å². The molecule has 3 unspecified atom stereocenters. The molecular formula is C16H32N4O. The third-order valence-corrected chi connectivity index (χ3v) is 4.71. The number of hydrogen-bond donors (Lipinski definition) is 1. The van der Waals surface area contributed by atoms with Gasteiger partial charge in [-0.25, -0.2) is 0 Å². The van der Waals surface area contributed by atoms with Crippen LogP contribution in [0.4, 0.5) is 0 Å². The second-order valence-corrected chi connectivity index (χ2v) is 6.63. The third-order valence-electron chi connectivity index (χ3n) is 4.71. The molecule has 2 aliphatic heterocycles. The fourth-order valence-electron chi connectivity index (χ4n) is 3.47. The van der Waals surface area contributed by atoms with Crippen LogP contribution < -0.4 is 5.32 Å². The zero-order valence-corrected chi connectivity index (χ0v) is 14.1. The van der Waals surface area contributed by atoms with Gasteiger partial charge in [0, 0.05) is 45.3 Å². The first-order valence-electron chi connectivity index (χ1n) is 8.41. The topological polar surface area (TPSA) is 40.1 Å². The van der Waals surface area contributed by atoms with Crippen LogP contribution in [0, 0.1) is 5.92 Å². The van der Waals surface area contributed by atoms with Crippen molar-refractivity contribution in [1.29, 1.82) is 0 Å². The molecule has 0 radical (unpaired) electrons. The van der Waals surface area contributed by atoms with Gasteiger partial charge in [0.1, 0.15) is 0 Å². The van der Waals surface area contributed by atoms with Crippen LogP contribution in [0.25, 0.3) is 0 Å². The predicted molar refractivity (Wildman–Crippen MR) is 87.8 cm³/mol. The Balaban J connectivity index is 1.82. The van der Waals surface area contributed by atoms with Crippen LogP contribution in [-0.4, -0.2) is 74.3 Å². The maximum atomic E-state index is 5.52. The third kappa shape index (κ3) is 4.58. The molecule has 0 saturated carbocycles. The van der Waals surface area contributed by atoms with Crippen molar-refractivity contribution in [2.24, 2.45) is 10.9 Å². The molecular weight excluding hydrogens is 264 g/mol. The summed E-state index contributed by atoms with van der Waals surface area (Å²) in [5.41, 5.74) is 0. The lowest BCUT2D eigenvalue weighted by molar-refractivity contribution is -0.0175. The molecule has 3 atom stereocenters. The Bertz CT molecular complexity index is 347. The molecule has 0 aromatic heterocycles. The number of morpholine rings is 1. The summed E-state index contributed by atoms with van der Waals surface area (Å²) < 4.78 is 5.52. The van der Waals surface area contributed by atoms with Gasteiger partial charge >= 0.3 is 0 Å². The molecule has 122 valence electrons. The second-order valence-electron chi connectivity index (χ2n) is 6.63. The number of piperidine rings is 1. The van der Waals surface area contributed by atoms with Gasteiger partial charge in [-0.15, -0.1) is 0 Å². The highest BCUT2D eigenvalue weighted by atomic mass is 16.5. The minimum atomic E-state index is 0.503. The minimum absolute atomic E-state index is 0.503. The molecule has 0 amide bonds. The van der Waals surface area contributed by atoms with E-state index in [0.717, 1.165) is 51.3 Å². The number of ether oxygens (including phenoxy) is 1. The lowest BCUT2D eigenvalue weighted by Crippen LogP contribution is -2.54. The molecule has 0 aromatic rings. The molecule has 2 aliphatic rings. The van der Waals surface area contributed by atoms with Crippen LogP contribution in [-0.2, 0) is 4.74 Å². The van der Waals surface area contributed by atoms with Crippen molar-refractivity contribution in [1.82, 2.24) is 15.1 Å². The summed E-state index contributed by atoms with van der Waals surface area (Å²) in [4.78, 5) is 9.41. The lowest BCUT2D eigenvalue weighted by atomic mass is 10.0. The van der Waals surface area contributed by atoms with Gasteiger partial charge in [0.25, 0.3) is 0 Å². The average molecular weight is 296 g/mol. The summed E-state index contributed by atoms with van der Waals surface area (Å²) in [6.07, 6.45) is 2.62. The number of aliphatic imine (C=N–C) groups is 1. The van der Waals surface area contributed by atoms with E-state index in [1.165, 1.54) is 12.8 Å². The molecule has 2 rings (SSSR count). The highest BCUT2D eigenvalue weighted by Crippen LogP contribution is 2.15. The van der Waals surface area contributed by atoms with Gasteiger partial charge in [0.2, 0.25) is 0 Å². The van der Waals surface area contributed by atoms with Crippen LogP contribution in [0.2, 0.25) is 0 Å². The monoisotopic (exact) mass is 296 g/mol. The summed E-state index contributed by atoms with van der Waals surface area (Å²) in [6.45, 7) is 12.8. The average Bonchev–Trinajstić information content (AvgIpc) is 2.48. The number of nitrogens with zero attached hydrogens (tertiary/aromatic N) is 3. The van der Waals surface area contributed by atoms with Gasteiger partial charge in [-0.2, -0.15) is 0 Å². The molecule has 5 heteroatoms. The van der Waals surface area contributed by atoms with E-state index in [2.05, 4.69) is 40.9 Å². The van der Waals surface area contributed by atoms with E-state index in [0.29, 0.717) is 12.1 Å². The Morgan fingerprint density at radius 2 is 2.19 bits per heavy atom. The summed E-state index contributed by atoms with van der Waals surface area (Å²) in [5.74, 6) is 1.84. The normalized spacial score (nSPS) is 30.3. The molecule has 0 bridgehead atoms. The standard InChI is InChI=1S/C16H32N4O/c1-13-6-5-7-19(11-13)16(17-4)18-10-14(2)20-8-9-21-12-15(20)3/h13-15H,5-12H2,1-4H3,(H,17,18). The smallest absolute Gasteiger partial charge is 0.193 e. The van der Waals surface area contributed by atoms with Crippen molar-refractivity contribution < 1.29 is 4.74 Å². The van der Waals surface area contributed by atoms with Crippen molar-refractivity contribution in [2.75, 3.05) is 46.4 Å². The van der Waals surface area contributed by atoms with E-state index in [9.17, 15) is 0 Å². The summed E-state index contributed by atoms with van der Waals surface area (Å²) >= 11 is 0. The zero-order valence-electron chi connectivity index (χ0n) is 14.1. The van der Waals surface area contributed by atoms with Crippen molar-refractivity contribution >= 4 is 5.96 Å². The summed E-state index contributed by atoms with van der Waals surface area (Å²) in [6, 6.07) is 1.01. The van der Waals surface area contributed by atoms with E-state index in [-0.39, 0.29) is 0 Å². The Hall–Kier alpha value is -0.810. The first-order valence-corrected chi connectivity index (χ1v) is 8.41. The van der Waals surface area contributed by atoms with E-state index < -0.39 is 0 Å². The van der Waals surface area contributed by atoms with Crippen LogP contribution >= 0.6 is 0 Å². The van der Waals surface area contributed by atoms with Crippen molar-refractivity contribution in [3.8, 4) is 0 Å². The number of guanidine groups is 1. The molecule has 0 aromatic carbocycles. The Morgan fingerprint density at radius 1 is 1.38 bits per heavy atom. The fraction of sp³-hybridized carbons (Fsp3) is 0.938. The van der Waals surface area contributed by atoms with E-state index in [1.54, 1.807) is 0 Å². The van der Waals surface area contributed by atoms with Crippen molar-refractivity contribution in [2.45, 2.75) is 45.7 Å². The van der Waals surface area contributed by atoms with Crippen LogP contribution in [0.3, 0.4) is 0 Å². The number of likely N-dealkylation sites (tertiary alicyclic amines) is 1. The van der Waals surface area contributed by atoms with E-state index in [4.69, 9.17) is 4.74 Å². The SMILES string of the molecule is CN=C(NCC(C)N1CCOCC1C)N1CCCC(C)C1. The Morgan fingerprint density at radius 3 is 2.86 bits per heavy atom. The van der Waals surface area contributed by atoms with Crippen molar-refractivity contribution in [3.05, 3.63) is 0 Å². The van der Waals surface area contributed by atoms with Crippen LogP contribution in [0.1, 0.15) is 33.6 Å². The van der Waals surface area contributed by atoms with Gasteiger partial charge in [0.05, 0.1) is 13.2 Å². The molecule has 0 aliphatic carbocycles. The van der Waals surface area contributed by atoms with Crippen molar-refractivity contribution in [3.63, 3.8) is 0 Å². The van der Waals surface area contributed by atoms with Gasteiger partial charge in [0.15, 0.2) is 5.96 Å². The first kappa shape index (κ1) is 16.6. The quantitative estimate of drug-likeness (QED) is 0.631. The fourth-order valence-corrected chi connectivity index (χ4v) is 3.47. The Labute approximate surface area is 129 Å². The van der Waals surface area contributed by atoms with E-state index >= 15 is 0 Å². The van der Waals surface area contributed by atoms with E-state index in [1.807, 2.05) is 7.05 Å².